The lowest BCUT2D eigenvalue weighted by Gasteiger charge is -2.09. The zero-order valence-corrected chi connectivity index (χ0v) is 17.8. The van der Waals surface area contributed by atoms with E-state index in [1.165, 1.54) is 57.8 Å². The van der Waals surface area contributed by atoms with Crippen LogP contribution >= 0.6 is 0 Å². The summed E-state index contributed by atoms with van der Waals surface area (Å²) < 4.78 is 5.84. The summed E-state index contributed by atoms with van der Waals surface area (Å²) in [5.74, 6) is 12.9. The van der Waals surface area contributed by atoms with E-state index in [1.54, 1.807) is 6.07 Å². The maximum atomic E-state index is 11.2. The Morgan fingerprint density at radius 3 is 2.14 bits per heavy atom. The molecule has 1 aromatic carbocycles. The van der Waals surface area contributed by atoms with Crippen LogP contribution in [0, 0.1) is 23.7 Å². The molecule has 2 heteroatoms. The fourth-order valence-corrected chi connectivity index (χ4v) is 3.06. The van der Waals surface area contributed by atoms with Gasteiger partial charge < -0.3 is 4.74 Å². The largest absolute Gasteiger partial charge is 0.493 e. The predicted octanol–water partition coefficient (Wildman–Crippen LogP) is 6.95. The minimum atomic E-state index is 0.601. The highest BCUT2D eigenvalue weighted by Gasteiger charge is 2.04. The average Bonchev–Trinajstić information content (AvgIpc) is 2.72. The summed E-state index contributed by atoms with van der Waals surface area (Å²) in [6.45, 7) is 4.59. The number of carbonyl (C=O) groups is 1. The topological polar surface area (TPSA) is 26.3 Å². The van der Waals surface area contributed by atoms with Crippen LogP contribution in [0.5, 0.6) is 5.75 Å². The van der Waals surface area contributed by atoms with Gasteiger partial charge in [-0.25, -0.2) is 0 Å². The predicted molar refractivity (Wildman–Crippen MR) is 119 cm³/mol. The molecule has 0 aliphatic rings. The van der Waals surface area contributed by atoms with Gasteiger partial charge in [0.05, 0.1) is 12.2 Å². The number of benzene rings is 1. The van der Waals surface area contributed by atoms with E-state index in [9.17, 15) is 4.79 Å². The Morgan fingerprint density at radius 1 is 0.893 bits per heavy atom. The monoisotopic (exact) mass is 380 g/mol. The van der Waals surface area contributed by atoms with Gasteiger partial charge in [-0.2, -0.15) is 0 Å². The van der Waals surface area contributed by atoms with Gasteiger partial charge in [0, 0.05) is 18.4 Å². The standard InChI is InChI=1S/C26H36O2/c1-3-5-7-8-9-10-11-12-13-14-15-16-17-21-28-26-22-24(18-6-4-2)19-20-25(26)23-27/h19-20,22-23H,4,7-17,21H2,1-2H3. The first-order valence-electron chi connectivity index (χ1n) is 10.9. The second-order valence-corrected chi connectivity index (χ2v) is 7.09. The van der Waals surface area contributed by atoms with Crippen LogP contribution in [0.1, 0.15) is 107 Å². The van der Waals surface area contributed by atoms with E-state index in [4.69, 9.17) is 4.74 Å². The Kier molecular flexibility index (Phi) is 14.4. The van der Waals surface area contributed by atoms with Crippen molar-refractivity contribution >= 4 is 6.29 Å². The molecule has 0 spiro atoms. The van der Waals surface area contributed by atoms with Crippen molar-refractivity contribution in [2.45, 2.75) is 90.9 Å². The van der Waals surface area contributed by atoms with Crippen LogP contribution in [0.15, 0.2) is 18.2 Å². The lowest BCUT2D eigenvalue weighted by molar-refractivity contribution is 0.111. The molecule has 0 radical (unpaired) electrons. The zero-order valence-electron chi connectivity index (χ0n) is 17.8. The first-order valence-corrected chi connectivity index (χ1v) is 10.9. The molecule has 0 bridgehead atoms. The molecule has 0 heterocycles. The van der Waals surface area contributed by atoms with Crippen LogP contribution in [-0.4, -0.2) is 12.9 Å². The quantitative estimate of drug-likeness (QED) is 0.198. The molecule has 0 unspecified atom stereocenters. The highest BCUT2D eigenvalue weighted by atomic mass is 16.5. The smallest absolute Gasteiger partial charge is 0.153 e. The van der Waals surface area contributed by atoms with E-state index < -0.39 is 0 Å². The van der Waals surface area contributed by atoms with Gasteiger partial charge in [-0.05, 0) is 38.0 Å². The van der Waals surface area contributed by atoms with Gasteiger partial charge >= 0.3 is 0 Å². The number of rotatable bonds is 14. The summed E-state index contributed by atoms with van der Waals surface area (Å²) in [6, 6.07) is 5.54. The van der Waals surface area contributed by atoms with Crippen LogP contribution in [0.3, 0.4) is 0 Å². The summed E-state index contributed by atoms with van der Waals surface area (Å²) in [5.41, 5.74) is 1.50. The molecular weight excluding hydrogens is 344 g/mol. The first-order chi connectivity index (χ1) is 13.8. The Balaban J connectivity index is 2.08. The minimum absolute atomic E-state index is 0.601. The molecule has 28 heavy (non-hydrogen) atoms. The van der Waals surface area contributed by atoms with Crippen molar-refractivity contribution < 1.29 is 9.53 Å². The highest BCUT2D eigenvalue weighted by Crippen LogP contribution is 2.19. The molecule has 0 aromatic heterocycles. The molecule has 0 amide bonds. The van der Waals surface area contributed by atoms with Crippen LogP contribution in [0.2, 0.25) is 0 Å². The third-order valence-electron chi connectivity index (χ3n) is 4.68. The van der Waals surface area contributed by atoms with E-state index in [-0.39, 0.29) is 0 Å². The molecule has 1 aromatic rings. The van der Waals surface area contributed by atoms with Crippen molar-refractivity contribution in [1.82, 2.24) is 0 Å². The number of unbranched alkanes of at least 4 members (excludes halogenated alkanes) is 10. The van der Waals surface area contributed by atoms with Gasteiger partial charge in [-0.3, -0.25) is 4.79 Å². The Hall–Kier alpha value is -2.19. The number of hydrogen-bond acceptors (Lipinski definition) is 2. The third kappa shape index (κ3) is 11.5. The Morgan fingerprint density at radius 2 is 1.54 bits per heavy atom. The van der Waals surface area contributed by atoms with Gasteiger partial charge in [-0.1, -0.05) is 70.1 Å². The maximum Gasteiger partial charge on any atom is 0.153 e. The normalized spacial score (nSPS) is 9.79. The fourth-order valence-electron chi connectivity index (χ4n) is 3.06. The summed E-state index contributed by atoms with van der Waals surface area (Å²) in [6.07, 6.45) is 15.5. The van der Waals surface area contributed by atoms with Crippen LogP contribution in [0.4, 0.5) is 0 Å². The van der Waals surface area contributed by atoms with E-state index >= 15 is 0 Å². The second-order valence-electron chi connectivity index (χ2n) is 7.09. The second kappa shape index (κ2) is 16.9. The van der Waals surface area contributed by atoms with Crippen molar-refractivity contribution in [1.29, 1.82) is 0 Å². The molecule has 2 nitrogen and oxygen atoms in total. The van der Waals surface area contributed by atoms with Crippen molar-refractivity contribution in [3.63, 3.8) is 0 Å². The molecule has 0 atom stereocenters. The number of ether oxygens (including phenoxy) is 1. The lowest BCUT2D eigenvalue weighted by atomic mass is 10.1. The van der Waals surface area contributed by atoms with Crippen molar-refractivity contribution in [3.05, 3.63) is 29.3 Å². The molecule has 0 N–H and O–H groups in total. The molecule has 0 saturated heterocycles. The van der Waals surface area contributed by atoms with Gasteiger partial charge in [0.15, 0.2) is 6.29 Å². The first kappa shape index (κ1) is 23.8. The average molecular weight is 381 g/mol. The van der Waals surface area contributed by atoms with Gasteiger partial charge in [0.25, 0.3) is 0 Å². The zero-order chi connectivity index (χ0) is 20.3. The van der Waals surface area contributed by atoms with E-state index in [0.29, 0.717) is 17.9 Å². The number of hydrogen-bond donors (Lipinski definition) is 0. The molecule has 0 saturated carbocycles. The molecular formula is C26H36O2. The molecule has 0 fully saturated rings. The highest BCUT2D eigenvalue weighted by molar-refractivity contribution is 5.79. The van der Waals surface area contributed by atoms with E-state index in [1.807, 2.05) is 26.0 Å². The Bertz CT molecular complexity index is 667. The summed E-state index contributed by atoms with van der Waals surface area (Å²) >= 11 is 0. The molecule has 0 aliphatic carbocycles. The maximum absolute atomic E-state index is 11.2. The van der Waals surface area contributed by atoms with Crippen LogP contribution < -0.4 is 4.74 Å². The van der Waals surface area contributed by atoms with Crippen LogP contribution in [-0.2, 0) is 0 Å². The SMILES string of the molecule is CC#CCCCCCCCCCCCCOc1cc(C#CCC)ccc1C=O. The Labute approximate surface area is 172 Å². The van der Waals surface area contributed by atoms with E-state index in [0.717, 1.165) is 31.1 Å². The minimum Gasteiger partial charge on any atom is -0.493 e. The third-order valence-corrected chi connectivity index (χ3v) is 4.68. The number of aldehydes is 1. The summed E-state index contributed by atoms with van der Waals surface area (Å²) in [7, 11) is 0. The summed E-state index contributed by atoms with van der Waals surface area (Å²) in [5, 5.41) is 0. The van der Waals surface area contributed by atoms with Crippen molar-refractivity contribution in [3.8, 4) is 29.4 Å². The van der Waals surface area contributed by atoms with Gasteiger partial charge in [0.1, 0.15) is 5.75 Å². The van der Waals surface area contributed by atoms with Crippen molar-refractivity contribution in [2.24, 2.45) is 0 Å². The molecule has 1 rings (SSSR count). The number of carbonyl (C=O) groups excluding carboxylic acids is 1. The molecule has 0 aliphatic heterocycles. The van der Waals surface area contributed by atoms with E-state index in [2.05, 4.69) is 23.7 Å². The van der Waals surface area contributed by atoms with Gasteiger partial charge in [-0.15, -0.1) is 11.8 Å². The van der Waals surface area contributed by atoms with Gasteiger partial charge in [0.2, 0.25) is 0 Å². The summed E-state index contributed by atoms with van der Waals surface area (Å²) in [4.78, 5) is 11.2. The fraction of sp³-hybridized carbons (Fsp3) is 0.577. The van der Waals surface area contributed by atoms with Crippen LogP contribution in [0.25, 0.3) is 0 Å². The lowest BCUT2D eigenvalue weighted by Crippen LogP contribution is -2.00. The molecule has 152 valence electrons. The van der Waals surface area contributed by atoms with Crippen molar-refractivity contribution in [2.75, 3.05) is 6.61 Å².